The van der Waals surface area contributed by atoms with E-state index in [0.29, 0.717) is 17.4 Å². The molecule has 0 amide bonds. The Kier molecular flexibility index (Phi) is 51.3. The molecule has 0 heterocycles. The van der Waals surface area contributed by atoms with Crippen LogP contribution in [-0.4, -0.2) is 87.4 Å². The highest BCUT2D eigenvalue weighted by molar-refractivity contribution is 5.71. The topological polar surface area (TPSA) is 108 Å². The zero-order valence-corrected chi connectivity index (χ0v) is 46.8. The predicted octanol–water partition coefficient (Wildman–Crippen LogP) is 17.6. The van der Waals surface area contributed by atoms with E-state index in [1.165, 1.54) is 244 Å². The Bertz CT molecular complexity index is 1100. The lowest BCUT2D eigenvalue weighted by atomic mass is 10.0. The molecule has 0 saturated heterocycles. The van der Waals surface area contributed by atoms with Gasteiger partial charge in [-0.25, -0.2) is 4.79 Å². The van der Waals surface area contributed by atoms with Crippen molar-refractivity contribution in [2.75, 3.05) is 47.5 Å². The Morgan fingerprint density at radius 2 is 0.652 bits per heavy atom. The van der Waals surface area contributed by atoms with E-state index < -0.39 is 18.4 Å². The van der Waals surface area contributed by atoms with Crippen LogP contribution < -0.4 is 0 Å². The Balaban J connectivity index is 3.88. The molecule has 0 aliphatic carbocycles. The van der Waals surface area contributed by atoms with Crippen molar-refractivity contribution in [3.8, 4) is 0 Å². The van der Waals surface area contributed by atoms with Crippen molar-refractivity contribution < 1.29 is 42.9 Å². The van der Waals surface area contributed by atoms with Gasteiger partial charge in [0.1, 0.15) is 13.2 Å². The molecule has 69 heavy (non-hydrogen) atoms. The minimum Gasteiger partial charge on any atom is -0.477 e. The number of nitrogens with zero attached hydrogens (tertiary/aromatic N) is 1. The summed E-state index contributed by atoms with van der Waals surface area (Å²) in [6.45, 7) is 4.90. The first kappa shape index (κ1) is 67.3. The molecule has 1 N–H and O–H groups in total. The van der Waals surface area contributed by atoms with Crippen LogP contribution in [0, 0.1) is 0 Å². The van der Waals surface area contributed by atoms with Gasteiger partial charge in [-0.05, 0) is 12.8 Å². The molecule has 0 aromatic heterocycles. The zero-order chi connectivity index (χ0) is 50.6. The number of likely N-dealkylation sites (N-methyl/N-ethyl adjacent to an activating group) is 1. The van der Waals surface area contributed by atoms with E-state index in [4.69, 9.17) is 18.9 Å². The van der Waals surface area contributed by atoms with Gasteiger partial charge in [-0.2, -0.15) is 0 Å². The molecule has 2 atom stereocenters. The van der Waals surface area contributed by atoms with Crippen molar-refractivity contribution in [1.82, 2.24) is 0 Å². The van der Waals surface area contributed by atoms with Gasteiger partial charge >= 0.3 is 17.9 Å². The SMILES string of the molecule is CCCCCCCCCCCCCCCCCCCCCCCCCCCCCCCCCCCCCC(=O)OC(COC(=O)CCCCCCCCCCC)COC(OCC[N+](C)(C)C)C(=O)O. The average Bonchev–Trinajstić information content (AvgIpc) is 3.31. The molecule has 0 radical (unpaired) electrons. The third-order valence-electron chi connectivity index (χ3n) is 13.9. The second-order valence-electron chi connectivity index (χ2n) is 22.0. The first-order chi connectivity index (χ1) is 33.6. The molecule has 0 aliphatic heterocycles. The molecule has 0 fully saturated rings. The quantitative estimate of drug-likeness (QED) is 0.0278. The van der Waals surface area contributed by atoms with Gasteiger partial charge in [0.2, 0.25) is 0 Å². The van der Waals surface area contributed by atoms with E-state index >= 15 is 0 Å². The number of esters is 2. The summed E-state index contributed by atoms with van der Waals surface area (Å²) in [7, 11) is 5.97. The number of aliphatic carboxylic acids is 1. The number of rotatable bonds is 57. The van der Waals surface area contributed by atoms with Gasteiger partial charge in [0.25, 0.3) is 6.29 Å². The standard InChI is InChI=1S/C60H117NO8/c1-6-8-10-12-14-16-17-18-19-20-21-22-23-24-25-26-27-28-29-30-31-32-33-34-35-36-37-38-39-40-41-43-45-47-49-51-58(63)69-56(55-68-60(59(64)65)66-53-52-61(3,4)5)54-67-57(62)50-48-46-44-42-15-13-11-9-7-2/h56,60H,6-55H2,1-5H3/p+1. The molecule has 2 unspecified atom stereocenters. The molecule has 9 heteroatoms. The zero-order valence-electron chi connectivity index (χ0n) is 46.8. The van der Waals surface area contributed by atoms with Crippen molar-refractivity contribution in [1.29, 1.82) is 0 Å². The highest BCUT2D eigenvalue weighted by Gasteiger charge is 2.25. The molecular formula is C60H118NO8+. The third-order valence-corrected chi connectivity index (χ3v) is 13.9. The predicted molar refractivity (Wildman–Crippen MR) is 291 cm³/mol. The van der Waals surface area contributed by atoms with Crippen LogP contribution >= 0.6 is 0 Å². The lowest BCUT2D eigenvalue weighted by molar-refractivity contribution is -0.870. The largest absolute Gasteiger partial charge is 0.477 e. The van der Waals surface area contributed by atoms with Gasteiger partial charge in [0.15, 0.2) is 6.10 Å². The van der Waals surface area contributed by atoms with Gasteiger partial charge in [0, 0.05) is 12.8 Å². The first-order valence-electron chi connectivity index (χ1n) is 30.2. The van der Waals surface area contributed by atoms with Gasteiger partial charge in [-0.1, -0.05) is 284 Å². The summed E-state index contributed by atoms with van der Waals surface area (Å²) < 4.78 is 22.8. The summed E-state index contributed by atoms with van der Waals surface area (Å²) in [6.07, 6.45) is 56.6. The van der Waals surface area contributed by atoms with Gasteiger partial charge in [-0.3, -0.25) is 9.59 Å². The molecule has 0 spiro atoms. The third kappa shape index (κ3) is 53.9. The minimum atomic E-state index is -1.50. The van der Waals surface area contributed by atoms with Gasteiger partial charge < -0.3 is 28.5 Å². The lowest BCUT2D eigenvalue weighted by Gasteiger charge is -2.25. The van der Waals surface area contributed by atoms with Gasteiger partial charge in [-0.15, -0.1) is 0 Å². The molecular weight excluding hydrogens is 863 g/mol. The summed E-state index contributed by atoms with van der Waals surface area (Å²) in [6, 6.07) is 0. The van der Waals surface area contributed by atoms with Crippen LogP contribution in [-0.2, 0) is 33.3 Å². The second-order valence-corrected chi connectivity index (χ2v) is 22.0. The summed E-state index contributed by atoms with van der Waals surface area (Å²) in [5.74, 6) is -1.98. The number of carboxylic acid groups (broad SMARTS) is 1. The fourth-order valence-electron chi connectivity index (χ4n) is 9.19. The van der Waals surface area contributed by atoms with Crippen LogP contribution in [0.2, 0.25) is 0 Å². The molecule has 0 aromatic carbocycles. The maximum absolute atomic E-state index is 12.8. The highest BCUT2D eigenvalue weighted by atomic mass is 16.7. The fraction of sp³-hybridized carbons (Fsp3) is 0.950. The fourth-order valence-corrected chi connectivity index (χ4v) is 9.19. The molecule has 0 rings (SSSR count). The Labute approximate surface area is 428 Å². The smallest absolute Gasteiger partial charge is 0.361 e. The van der Waals surface area contributed by atoms with Crippen LogP contribution in [0.3, 0.4) is 0 Å². The van der Waals surface area contributed by atoms with Crippen LogP contribution in [0.15, 0.2) is 0 Å². The van der Waals surface area contributed by atoms with Crippen LogP contribution in [0.4, 0.5) is 0 Å². The Hall–Kier alpha value is -1.71. The molecule has 0 saturated carbocycles. The van der Waals surface area contributed by atoms with Crippen LogP contribution in [0.1, 0.15) is 309 Å². The maximum atomic E-state index is 12.8. The minimum absolute atomic E-state index is 0.174. The summed E-state index contributed by atoms with van der Waals surface area (Å²) >= 11 is 0. The van der Waals surface area contributed by atoms with Crippen molar-refractivity contribution in [3.63, 3.8) is 0 Å². The maximum Gasteiger partial charge on any atom is 0.361 e. The first-order valence-corrected chi connectivity index (χ1v) is 30.2. The van der Waals surface area contributed by atoms with Crippen LogP contribution in [0.25, 0.3) is 0 Å². The second kappa shape index (κ2) is 52.6. The summed E-state index contributed by atoms with van der Waals surface area (Å²) in [5.41, 5.74) is 0. The number of hydrogen-bond donors (Lipinski definition) is 1. The van der Waals surface area contributed by atoms with Crippen molar-refractivity contribution >= 4 is 17.9 Å². The van der Waals surface area contributed by atoms with Crippen molar-refractivity contribution in [3.05, 3.63) is 0 Å². The average molecular weight is 982 g/mol. The van der Waals surface area contributed by atoms with E-state index in [9.17, 15) is 19.5 Å². The number of carboxylic acids is 1. The molecule has 410 valence electrons. The Morgan fingerprint density at radius 3 is 0.928 bits per heavy atom. The monoisotopic (exact) mass is 981 g/mol. The highest BCUT2D eigenvalue weighted by Crippen LogP contribution is 2.18. The number of ether oxygens (including phenoxy) is 4. The van der Waals surface area contributed by atoms with E-state index in [2.05, 4.69) is 13.8 Å². The Morgan fingerprint density at radius 1 is 0.377 bits per heavy atom. The van der Waals surface area contributed by atoms with E-state index in [0.717, 1.165) is 38.5 Å². The molecule has 0 bridgehead atoms. The van der Waals surface area contributed by atoms with E-state index in [1.54, 1.807) is 0 Å². The molecule has 0 aliphatic rings. The number of unbranched alkanes of at least 4 members (excludes halogenated alkanes) is 42. The van der Waals surface area contributed by atoms with Crippen molar-refractivity contribution in [2.24, 2.45) is 0 Å². The van der Waals surface area contributed by atoms with E-state index in [1.807, 2.05) is 21.1 Å². The molecule has 9 nitrogen and oxygen atoms in total. The van der Waals surface area contributed by atoms with Crippen LogP contribution in [0.5, 0.6) is 0 Å². The lowest BCUT2D eigenvalue weighted by Crippen LogP contribution is -2.40. The normalized spacial score (nSPS) is 12.7. The number of carbonyl (C=O) groups excluding carboxylic acids is 2. The van der Waals surface area contributed by atoms with Gasteiger partial charge in [0.05, 0.1) is 34.4 Å². The summed E-state index contributed by atoms with van der Waals surface area (Å²) in [4.78, 5) is 37.2. The van der Waals surface area contributed by atoms with Crippen molar-refractivity contribution in [2.45, 2.75) is 322 Å². The number of carbonyl (C=O) groups is 3. The number of hydrogen-bond acceptors (Lipinski definition) is 7. The van der Waals surface area contributed by atoms with E-state index in [-0.39, 0.29) is 38.2 Å². The number of quaternary nitrogens is 1. The summed E-state index contributed by atoms with van der Waals surface area (Å²) in [5, 5.41) is 9.66. The molecule has 0 aromatic rings.